The molecule has 0 aliphatic heterocycles. The summed E-state index contributed by atoms with van der Waals surface area (Å²) >= 11 is 0. The van der Waals surface area contributed by atoms with E-state index in [9.17, 15) is 5.11 Å². The molecule has 2 rings (SSSR count). The lowest BCUT2D eigenvalue weighted by molar-refractivity contribution is 0.0982. The van der Waals surface area contributed by atoms with Gasteiger partial charge in [-0.2, -0.15) is 0 Å². The number of hydrogen-bond donors (Lipinski definition) is 2. The van der Waals surface area contributed by atoms with Gasteiger partial charge < -0.3 is 19.9 Å². The zero-order chi connectivity index (χ0) is 18.1. The number of halogens is 1. The lowest BCUT2D eigenvalue weighted by Crippen LogP contribution is -2.45. The predicted molar refractivity (Wildman–Crippen MR) is 109 cm³/mol. The van der Waals surface area contributed by atoms with Crippen molar-refractivity contribution in [3.63, 3.8) is 0 Å². The highest BCUT2D eigenvalue weighted by atomic mass is 35.5. The summed E-state index contributed by atoms with van der Waals surface area (Å²) in [5, 5.41) is 13.5. The summed E-state index contributed by atoms with van der Waals surface area (Å²) < 4.78 is 10.8. The Kier molecular flexibility index (Phi) is 9.49. The Morgan fingerprint density at radius 1 is 1.00 bits per heavy atom. The lowest BCUT2D eigenvalue weighted by atomic mass is 9.95. The van der Waals surface area contributed by atoms with Crippen molar-refractivity contribution in [1.29, 1.82) is 0 Å². The molecule has 0 fully saturated rings. The molecule has 0 saturated heterocycles. The molecular formula is C21H30ClNO3. The molecule has 144 valence electrons. The zero-order valence-electron chi connectivity index (χ0n) is 15.8. The summed E-state index contributed by atoms with van der Waals surface area (Å²) in [5.74, 6) is 1.66. The van der Waals surface area contributed by atoms with Crippen molar-refractivity contribution in [3.8, 4) is 11.5 Å². The van der Waals surface area contributed by atoms with E-state index in [4.69, 9.17) is 9.47 Å². The predicted octanol–water partition coefficient (Wildman–Crippen LogP) is 3.86. The van der Waals surface area contributed by atoms with Crippen molar-refractivity contribution in [2.75, 3.05) is 20.3 Å². The fraction of sp³-hybridized carbons (Fsp3) is 0.429. The molecule has 0 aliphatic rings. The maximum absolute atomic E-state index is 10.1. The normalized spacial score (nSPS) is 12.2. The minimum atomic E-state index is -0.541. The van der Waals surface area contributed by atoms with Gasteiger partial charge in [0.25, 0.3) is 0 Å². The molecular weight excluding hydrogens is 350 g/mol. The average Bonchev–Trinajstić information content (AvgIpc) is 2.64. The number of hydrogen-bond acceptors (Lipinski definition) is 4. The van der Waals surface area contributed by atoms with Crippen molar-refractivity contribution < 1.29 is 14.6 Å². The van der Waals surface area contributed by atoms with Gasteiger partial charge in [-0.05, 0) is 56.5 Å². The molecule has 0 aliphatic carbocycles. The Balaban J connectivity index is 0.00000338. The van der Waals surface area contributed by atoms with Gasteiger partial charge >= 0.3 is 0 Å². The topological polar surface area (TPSA) is 50.7 Å². The molecule has 4 nitrogen and oxygen atoms in total. The van der Waals surface area contributed by atoms with Gasteiger partial charge in [-0.25, -0.2) is 0 Å². The summed E-state index contributed by atoms with van der Waals surface area (Å²) in [6.07, 6.45) is 1.41. The van der Waals surface area contributed by atoms with Crippen LogP contribution in [0.5, 0.6) is 11.5 Å². The molecule has 0 aromatic heterocycles. The number of methoxy groups -OCH3 is 1. The highest BCUT2D eigenvalue weighted by Gasteiger charge is 2.18. The molecule has 0 radical (unpaired) electrons. The van der Waals surface area contributed by atoms with E-state index >= 15 is 0 Å². The molecule has 2 N–H and O–H groups in total. The van der Waals surface area contributed by atoms with E-state index in [1.165, 1.54) is 5.56 Å². The number of para-hydroxylation sites is 1. The summed E-state index contributed by atoms with van der Waals surface area (Å²) in [5.41, 5.74) is 1.22. The molecule has 2 aromatic rings. The molecule has 0 bridgehead atoms. The van der Waals surface area contributed by atoms with Gasteiger partial charge in [0.2, 0.25) is 0 Å². The summed E-state index contributed by atoms with van der Waals surface area (Å²) in [4.78, 5) is 0. The highest BCUT2D eigenvalue weighted by Crippen LogP contribution is 2.17. The minimum Gasteiger partial charge on any atom is -0.497 e. The molecule has 0 spiro atoms. The van der Waals surface area contributed by atoms with E-state index in [0.29, 0.717) is 6.54 Å². The Bertz CT molecular complexity index is 617. The smallest absolute Gasteiger partial charge is 0.119 e. The number of benzene rings is 2. The number of aliphatic hydroxyl groups excluding tert-OH is 1. The van der Waals surface area contributed by atoms with Crippen LogP contribution in [-0.2, 0) is 6.42 Å². The Labute approximate surface area is 162 Å². The third-order valence-corrected chi connectivity index (χ3v) is 4.20. The fourth-order valence-corrected chi connectivity index (χ4v) is 2.50. The van der Waals surface area contributed by atoms with Gasteiger partial charge in [0.15, 0.2) is 0 Å². The maximum atomic E-state index is 10.1. The van der Waals surface area contributed by atoms with Crippen LogP contribution >= 0.6 is 12.4 Å². The van der Waals surface area contributed by atoms with Crippen molar-refractivity contribution in [1.82, 2.24) is 5.32 Å². The van der Waals surface area contributed by atoms with Gasteiger partial charge in [-0.1, -0.05) is 30.3 Å². The number of nitrogens with one attached hydrogen (secondary N) is 1. The van der Waals surface area contributed by atoms with Crippen LogP contribution < -0.4 is 14.8 Å². The Morgan fingerprint density at radius 2 is 1.65 bits per heavy atom. The zero-order valence-corrected chi connectivity index (χ0v) is 16.6. The standard InChI is InChI=1S/C21H29NO3.ClH/c1-21(2,14-13-17-9-11-19(24-3)12-10-17)22-15-18(23)16-25-20-7-5-4-6-8-20;/h4-12,18,22-23H,13-16H2,1-3H3;1H. The lowest BCUT2D eigenvalue weighted by Gasteiger charge is -2.28. The van der Waals surface area contributed by atoms with E-state index in [1.807, 2.05) is 42.5 Å². The summed E-state index contributed by atoms with van der Waals surface area (Å²) in [6.45, 7) is 5.09. The first-order valence-electron chi connectivity index (χ1n) is 8.72. The van der Waals surface area contributed by atoms with Gasteiger partial charge in [0.1, 0.15) is 24.2 Å². The van der Waals surface area contributed by atoms with Gasteiger partial charge in [0, 0.05) is 12.1 Å². The van der Waals surface area contributed by atoms with E-state index < -0.39 is 6.10 Å². The van der Waals surface area contributed by atoms with Gasteiger partial charge in [-0.3, -0.25) is 0 Å². The Morgan fingerprint density at radius 3 is 2.27 bits per heavy atom. The maximum Gasteiger partial charge on any atom is 0.119 e. The fourth-order valence-electron chi connectivity index (χ4n) is 2.50. The van der Waals surface area contributed by atoms with Gasteiger partial charge in [-0.15, -0.1) is 12.4 Å². The van der Waals surface area contributed by atoms with E-state index in [-0.39, 0.29) is 24.6 Å². The second-order valence-corrected chi connectivity index (χ2v) is 6.89. The minimum absolute atomic E-state index is 0. The quantitative estimate of drug-likeness (QED) is 0.658. The number of ether oxygens (including phenoxy) is 2. The molecule has 1 unspecified atom stereocenters. The average molecular weight is 380 g/mol. The van der Waals surface area contributed by atoms with Crippen LogP contribution in [-0.4, -0.2) is 37.0 Å². The second kappa shape index (κ2) is 11.1. The van der Waals surface area contributed by atoms with Crippen LogP contribution in [0.25, 0.3) is 0 Å². The number of rotatable bonds is 10. The third kappa shape index (κ3) is 8.09. The van der Waals surface area contributed by atoms with E-state index in [2.05, 4.69) is 31.3 Å². The first-order chi connectivity index (χ1) is 12.0. The number of β-amino-alcohol motifs (C(OH)–C–C–N with tert-alkyl or cyclic N) is 1. The number of aliphatic hydroxyl groups is 1. The first kappa shape index (κ1) is 22.3. The summed E-state index contributed by atoms with van der Waals surface area (Å²) in [6, 6.07) is 17.7. The van der Waals surface area contributed by atoms with Crippen LogP contribution in [0, 0.1) is 0 Å². The van der Waals surface area contributed by atoms with Crippen LogP contribution in [0.4, 0.5) is 0 Å². The highest BCUT2D eigenvalue weighted by molar-refractivity contribution is 5.85. The van der Waals surface area contributed by atoms with Crippen LogP contribution in [0.15, 0.2) is 54.6 Å². The largest absolute Gasteiger partial charge is 0.497 e. The summed E-state index contributed by atoms with van der Waals surface area (Å²) in [7, 11) is 1.68. The van der Waals surface area contributed by atoms with Crippen LogP contribution in [0.1, 0.15) is 25.8 Å². The van der Waals surface area contributed by atoms with Crippen molar-refractivity contribution in [3.05, 3.63) is 60.2 Å². The molecule has 26 heavy (non-hydrogen) atoms. The Hall–Kier alpha value is -1.75. The van der Waals surface area contributed by atoms with Crippen molar-refractivity contribution in [2.45, 2.75) is 38.3 Å². The molecule has 0 amide bonds. The molecule has 1 atom stereocenters. The second-order valence-electron chi connectivity index (χ2n) is 6.89. The van der Waals surface area contributed by atoms with Crippen LogP contribution in [0.3, 0.4) is 0 Å². The molecule has 0 heterocycles. The number of aryl methyl sites for hydroxylation is 1. The first-order valence-corrected chi connectivity index (χ1v) is 8.72. The van der Waals surface area contributed by atoms with Gasteiger partial charge in [0.05, 0.1) is 7.11 Å². The molecule has 5 heteroatoms. The van der Waals surface area contributed by atoms with Crippen molar-refractivity contribution >= 4 is 12.4 Å². The molecule has 0 saturated carbocycles. The van der Waals surface area contributed by atoms with E-state index in [0.717, 1.165) is 24.3 Å². The third-order valence-electron chi connectivity index (χ3n) is 4.20. The SMILES string of the molecule is COc1ccc(CCC(C)(C)NCC(O)COc2ccccc2)cc1.Cl. The van der Waals surface area contributed by atoms with Crippen LogP contribution in [0.2, 0.25) is 0 Å². The monoisotopic (exact) mass is 379 g/mol. The molecule has 2 aromatic carbocycles. The van der Waals surface area contributed by atoms with E-state index in [1.54, 1.807) is 7.11 Å². The van der Waals surface area contributed by atoms with Crippen molar-refractivity contribution in [2.24, 2.45) is 0 Å².